The van der Waals surface area contributed by atoms with E-state index in [-0.39, 0.29) is 47.1 Å². The molecular formula is C44H62LaN3O2Si2. The summed E-state index contributed by atoms with van der Waals surface area (Å²) in [4.78, 5) is 9.31. The molecule has 0 saturated carbocycles. The Morgan fingerprint density at radius 2 is 0.731 bits per heavy atom. The first-order valence-electron chi connectivity index (χ1n) is 18.3. The molecule has 0 atom stereocenters. The fraction of sp³-hybridized carbons (Fsp3) is 0.409. The van der Waals surface area contributed by atoms with Crippen LogP contribution in [-0.4, -0.2) is 28.9 Å². The normalized spacial score (nSPS) is 11.9. The predicted molar refractivity (Wildman–Crippen MR) is 226 cm³/mol. The Kier molecular flexibility index (Phi) is 20.0. The third-order valence-electron chi connectivity index (χ3n) is 7.86. The molecule has 4 aromatic rings. The summed E-state index contributed by atoms with van der Waals surface area (Å²) in [5, 5.41) is 23.6. The number of rotatable bonds is 10. The van der Waals surface area contributed by atoms with Crippen LogP contribution in [0, 0.1) is 35.6 Å². The van der Waals surface area contributed by atoms with Crippen molar-refractivity contribution < 1.29 is 45.8 Å². The first-order valence-corrected chi connectivity index (χ1v) is 25.2. The molecule has 0 aliphatic heterocycles. The summed E-state index contributed by atoms with van der Waals surface area (Å²) < 4.78 is 4.82. The van der Waals surface area contributed by atoms with E-state index < -0.39 is 16.5 Å². The molecular weight excluding hydrogens is 798 g/mol. The van der Waals surface area contributed by atoms with E-state index >= 15 is 0 Å². The number of aliphatic imine (C=N–C) groups is 2. The molecule has 0 N–H and O–H groups in total. The van der Waals surface area contributed by atoms with Crippen LogP contribution in [0.25, 0.3) is 4.65 Å². The summed E-state index contributed by atoms with van der Waals surface area (Å²) >= 11 is 0. The minimum atomic E-state index is -1.11. The average Bonchev–Trinajstić information content (AvgIpc) is 3.02. The van der Waals surface area contributed by atoms with Crippen LogP contribution in [0.1, 0.15) is 112 Å². The zero-order chi connectivity index (χ0) is 38.5. The van der Waals surface area contributed by atoms with Crippen LogP contribution in [0.5, 0.6) is 11.5 Å². The van der Waals surface area contributed by atoms with Gasteiger partial charge in [0.25, 0.3) is 0 Å². The summed E-state index contributed by atoms with van der Waals surface area (Å²) in [6.45, 7) is 31.1. The van der Waals surface area contributed by atoms with E-state index in [1.165, 1.54) is 22.3 Å². The average molecular weight is 860 g/mol. The molecule has 0 spiro atoms. The van der Waals surface area contributed by atoms with Crippen molar-refractivity contribution in [2.75, 3.05) is 0 Å². The van der Waals surface area contributed by atoms with E-state index in [1.54, 1.807) is 48.8 Å². The number of hydrogen-bond acceptors (Lipinski definition) is 4. The fourth-order valence-electron chi connectivity index (χ4n) is 5.77. The Bertz CT molecular complexity index is 1560. The van der Waals surface area contributed by atoms with Crippen molar-refractivity contribution in [2.45, 2.75) is 118 Å². The van der Waals surface area contributed by atoms with Gasteiger partial charge in [-0.25, -0.2) is 0 Å². The largest absolute Gasteiger partial charge is 3.00 e. The molecule has 4 aromatic carbocycles. The Balaban J connectivity index is 0.000000417. The number of para-hydroxylation sites is 4. The van der Waals surface area contributed by atoms with Gasteiger partial charge in [-0.2, -0.15) is 0 Å². The van der Waals surface area contributed by atoms with E-state index in [9.17, 15) is 10.2 Å². The molecule has 0 radical (unpaired) electrons. The van der Waals surface area contributed by atoms with Crippen LogP contribution >= 0.6 is 0 Å². The van der Waals surface area contributed by atoms with Crippen molar-refractivity contribution in [3.8, 4) is 11.5 Å². The van der Waals surface area contributed by atoms with Crippen molar-refractivity contribution in [1.29, 1.82) is 0 Å². The molecule has 4 rings (SSSR count). The maximum atomic E-state index is 11.8. The summed E-state index contributed by atoms with van der Waals surface area (Å²) in [7, 11) is -2.21. The third-order valence-corrected chi connectivity index (χ3v) is 13.2. The van der Waals surface area contributed by atoms with E-state index in [0.717, 1.165) is 11.4 Å². The first-order chi connectivity index (χ1) is 23.7. The van der Waals surface area contributed by atoms with Crippen LogP contribution in [0.3, 0.4) is 0 Å². The van der Waals surface area contributed by atoms with Gasteiger partial charge in [-0.05, 0) is 57.1 Å². The van der Waals surface area contributed by atoms with Gasteiger partial charge in [-0.1, -0.05) is 196 Å². The molecule has 5 nitrogen and oxygen atoms in total. The minimum absolute atomic E-state index is 0. The zero-order valence-electron chi connectivity index (χ0n) is 34.3. The van der Waals surface area contributed by atoms with Gasteiger partial charge in [0, 0.05) is 12.4 Å². The van der Waals surface area contributed by atoms with Crippen LogP contribution in [-0.2, 0) is 0 Å². The van der Waals surface area contributed by atoms with Gasteiger partial charge in [0.1, 0.15) is 0 Å². The summed E-state index contributed by atoms with van der Waals surface area (Å²) in [6, 6.07) is 26.6. The fourth-order valence-corrected chi connectivity index (χ4v) is 13.8. The molecule has 0 aliphatic carbocycles. The molecule has 0 unspecified atom stereocenters. The summed E-state index contributed by atoms with van der Waals surface area (Å²) in [5.74, 6) is 1.62. The Labute approximate surface area is 346 Å². The second-order valence-corrected chi connectivity index (χ2v) is 25.8. The number of benzene rings is 4. The van der Waals surface area contributed by atoms with Gasteiger partial charge < -0.3 is 14.9 Å². The Hall–Kier alpha value is -2.59. The van der Waals surface area contributed by atoms with Crippen LogP contribution < -0.4 is 10.2 Å². The molecule has 0 amide bonds. The smallest absolute Gasteiger partial charge is 0.872 e. The molecule has 0 fully saturated rings. The molecule has 52 heavy (non-hydrogen) atoms. The molecule has 0 aliphatic rings. The van der Waals surface area contributed by atoms with Crippen molar-refractivity contribution in [2.24, 2.45) is 9.98 Å². The van der Waals surface area contributed by atoms with Crippen LogP contribution in [0.4, 0.5) is 11.4 Å². The van der Waals surface area contributed by atoms with Gasteiger partial charge in [-0.15, -0.1) is 11.5 Å². The zero-order valence-corrected chi connectivity index (χ0v) is 39.9. The van der Waals surface area contributed by atoms with Gasteiger partial charge in [0.2, 0.25) is 0 Å². The van der Waals surface area contributed by atoms with Crippen molar-refractivity contribution in [1.82, 2.24) is 0 Å². The van der Waals surface area contributed by atoms with E-state index in [2.05, 4.69) is 141 Å². The van der Waals surface area contributed by atoms with Gasteiger partial charge >= 0.3 is 35.6 Å². The SMILES string of the molecule is CC(C)c1cccc(C(C)C)c1N=Cc1ccccc1[O-].CC(C)c1cccc(C(C)C)c1N=Cc1ccccc1[O-].C[Si](C)(C)[N-][Si](C)(C)C.[La+3]. The van der Waals surface area contributed by atoms with Crippen LogP contribution in [0.15, 0.2) is 94.9 Å². The number of hydrogen-bond donors (Lipinski definition) is 0. The second-order valence-electron chi connectivity index (χ2n) is 16.2. The predicted octanol–water partition coefficient (Wildman–Crippen LogP) is 12.5. The maximum absolute atomic E-state index is 11.8. The van der Waals surface area contributed by atoms with Gasteiger partial charge in [0.05, 0.1) is 11.4 Å². The second kappa shape index (κ2) is 21.9. The molecule has 0 bridgehead atoms. The standard InChI is InChI=1S/2C19H23NO.C6H18NSi2.La/c2*1-13(2)16-9-7-10-17(14(3)4)19(16)20-12-15-8-5-6-11-18(15)21;1-8(2,3)7-9(4,5)6;/h2*5-14,21H,1-4H3;1-6H3;/q;;-1;+3/p-2. The monoisotopic (exact) mass is 859 g/mol. The summed E-state index contributed by atoms with van der Waals surface area (Å²) in [5.41, 5.74) is 8.16. The molecule has 0 aromatic heterocycles. The molecule has 8 heteroatoms. The Morgan fingerprint density at radius 3 is 0.942 bits per heavy atom. The molecule has 276 valence electrons. The first kappa shape index (κ1) is 47.4. The van der Waals surface area contributed by atoms with E-state index in [1.807, 2.05) is 12.1 Å². The van der Waals surface area contributed by atoms with Crippen molar-refractivity contribution >= 4 is 40.3 Å². The molecule has 0 saturated heterocycles. The van der Waals surface area contributed by atoms with Crippen molar-refractivity contribution in [3.63, 3.8) is 0 Å². The Morgan fingerprint density at radius 1 is 0.462 bits per heavy atom. The quantitative estimate of drug-likeness (QED) is 0.117. The maximum Gasteiger partial charge on any atom is 3.00 e. The molecule has 0 heterocycles. The van der Waals surface area contributed by atoms with Gasteiger partial charge in [0.15, 0.2) is 0 Å². The van der Waals surface area contributed by atoms with Gasteiger partial charge in [-0.3, -0.25) is 9.98 Å². The summed E-state index contributed by atoms with van der Waals surface area (Å²) in [6.07, 6.45) is 3.38. The third kappa shape index (κ3) is 16.2. The number of nitrogens with zero attached hydrogens (tertiary/aromatic N) is 3. The topological polar surface area (TPSA) is 84.9 Å². The van der Waals surface area contributed by atoms with E-state index in [0.29, 0.717) is 34.8 Å². The van der Waals surface area contributed by atoms with Crippen LogP contribution in [0.2, 0.25) is 39.3 Å². The minimum Gasteiger partial charge on any atom is -0.872 e. The van der Waals surface area contributed by atoms with E-state index in [4.69, 9.17) is 4.65 Å². The van der Waals surface area contributed by atoms with Crippen molar-refractivity contribution in [3.05, 3.63) is 123 Å².